The Hall–Kier alpha value is -2.20. The predicted molar refractivity (Wildman–Crippen MR) is 112 cm³/mol. The number of benzene rings is 2. The van der Waals surface area contributed by atoms with Gasteiger partial charge in [-0.15, -0.1) is 0 Å². The molecule has 1 aliphatic heterocycles. The van der Waals surface area contributed by atoms with E-state index in [0.717, 1.165) is 30.6 Å². The minimum Gasteiger partial charge on any atom is -0.487 e. The number of hydrogen-bond acceptors (Lipinski definition) is 3. The van der Waals surface area contributed by atoms with Gasteiger partial charge >= 0.3 is 0 Å². The highest BCUT2D eigenvalue weighted by Gasteiger charge is 2.39. The molecule has 0 aliphatic carbocycles. The van der Waals surface area contributed by atoms with Gasteiger partial charge in [0.15, 0.2) is 6.10 Å². The summed E-state index contributed by atoms with van der Waals surface area (Å²) in [5, 5.41) is 3.70. The smallest absolute Gasteiger partial charge is 0.261 e. The van der Waals surface area contributed by atoms with E-state index in [4.69, 9.17) is 21.1 Å². The first kappa shape index (κ1) is 20.5. The SMILES string of the molecule is CC[C@H](Oc1ccccc1Cl)C(=O)N[C@H]1CC(CC)(CC)Oc2ccccc21. The van der Waals surface area contributed by atoms with Gasteiger partial charge in [-0.25, -0.2) is 0 Å². The highest BCUT2D eigenvalue weighted by Crippen LogP contribution is 2.42. The molecule has 0 aromatic heterocycles. The number of rotatable bonds is 7. The highest BCUT2D eigenvalue weighted by atomic mass is 35.5. The Morgan fingerprint density at radius 3 is 2.54 bits per heavy atom. The van der Waals surface area contributed by atoms with Crippen molar-refractivity contribution in [3.05, 3.63) is 59.1 Å². The standard InChI is InChI=1S/C23H28ClNO3/c1-4-19(27-21-14-10-8-12-17(21)24)22(26)25-18-15-23(5-2,6-3)28-20-13-9-7-11-16(18)20/h7-14,18-19H,4-6,15H2,1-3H3,(H,25,26)/t18-,19-/m0/s1. The van der Waals surface area contributed by atoms with Crippen molar-refractivity contribution in [2.45, 2.75) is 64.2 Å². The maximum absolute atomic E-state index is 13.0. The second-order valence-corrected chi connectivity index (χ2v) is 7.65. The van der Waals surface area contributed by atoms with Gasteiger partial charge in [-0.2, -0.15) is 0 Å². The van der Waals surface area contributed by atoms with Crippen LogP contribution in [-0.2, 0) is 4.79 Å². The highest BCUT2D eigenvalue weighted by molar-refractivity contribution is 6.32. The molecule has 5 heteroatoms. The first-order valence-electron chi connectivity index (χ1n) is 10.0. The molecule has 2 atom stereocenters. The van der Waals surface area contributed by atoms with E-state index >= 15 is 0 Å². The second kappa shape index (κ2) is 8.87. The number of fused-ring (bicyclic) bond motifs is 1. The van der Waals surface area contributed by atoms with Gasteiger partial charge < -0.3 is 14.8 Å². The summed E-state index contributed by atoms with van der Waals surface area (Å²) in [7, 11) is 0. The van der Waals surface area contributed by atoms with Crippen LogP contribution in [0.25, 0.3) is 0 Å². The molecule has 2 aromatic carbocycles. The van der Waals surface area contributed by atoms with Crippen molar-refractivity contribution in [2.75, 3.05) is 0 Å². The van der Waals surface area contributed by atoms with Crippen LogP contribution in [0, 0.1) is 0 Å². The molecule has 0 saturated carbocycles. The van der Waals surface area contributed by atoms with E-state index in [0.29, 0.717) is 17.2 Å². The number of halogens is 1. The summed E-state index contributed by atoms with van der Waals surface area (Å²) in [6.07, 6.45) is 2.46. The van der Waals surface area contributed by atoms with Crippen LogP contribution in [0.2, 0.25) is 5.02 Å². The van der Waals surface area contributed by atoms with Crippen LogP contribution in [0.1, 0.15) is 58.1 Å². The van der Waals surface area contributed by atoms with E-state index in [-0.39, 0.29) is 17.6 Å². The van der Waals surface area contributed by atoms with Crippen LogP contribution in [0.4, 0.5) is 0 Å². The molecule has 2 aromatic rings. The largest absolute Gasteiger partial charge is 0.487 e. The molecule has 1 aliphatic rings. The molecule has 150 valence electrons. The zero-order valence-corrected chi connectivity index (χ0v) is 17.5. The Balaban J connectivity index is 1.80. The summed E-state index contributed by atoms with van der Waals surface area (Å²) in [5.74, 6) is 1.24. The van der Waals surface area contributed by atoms with Gasteiger partial charge in [-0.05, 0) is 37.5 Å². The van der Waals surface area contributed by atoms with E-state index in [1.54, 1.807) is 12.1 Å². The van der Waals surface area contributed by atoms with Crippen molar-refractivity contribution in [3.63, 3.8) is 0 Å². The summed E-state index contributed by atoms with van der Waals surface area (Å²) in [6.45, 7) is 6.19. The lowest BCUT2D eigenvalue weighted by atomic mass is 9.83. The van der Waals surface area contributed by atoms with Gasteiger partial charge in [0.25, 0.3) is 5.91 Å². The van der Waals surface area contributed by atoms with Crippen molar-refractivity contribution in [3.8, 4) is 11.5 Å². The van der Waals surface area contributed by atoms with Crippen LogP contribution in [0.15, 0.2) is 48.5 Å². The van der Waals surface area contributed by atoms with E-state index in [9.17, 15) is 4.79 Å². The molecule has 1 N–H and O–H groups in total. The first-order valence-corrected chi connectivity index (χ1v) is 10.4. The first-order chi connectivity index (χ1) is 13.5. The molecule has 0 radical (unpaired) electrons. The fraction of sp³-hybridized carbons (Fsp3) is 0.435. The molecular formula is C23H28ClNO3. The molecule has 28 heavy (non-hydrogen) atoms. The summed E-state index contributed by atoms with van der Waals surface area (Å²) in [5.41, 5.74) is 0.749. The zero-order valence-electron chi connectivity index (χ0n) is 16.7. The minimum absolute atomic E-state index is 0.110. The lowest BCUT2D eigenvalue weighted by Gasteiger charge is -2.42. The molecule has 0 saturated heterocycles. The number of nitrogens with one attached hydrogen (secondary N) is 1. The van der Waals surface area contributed by atoms with E-state index in [2.05, 4.69) is 19.2 Å². The average molecular weight is 402 g/mol. The predicted octanol–water partition coefficient (Wildman–Crippen LogP) is 5.70. The van der Waals surface area contributed by atoms with Crippen LogP contribution in [-0.4, -0.2) is 17.6 Å². The Bertz CT molecular complexity index is 819. The van der Waals surface area contributed by atoms with Gasteiger partial charge in [0.1, 0.15) is 17.1 Å². The molecule has 0 bridgehead atoms. The Kier molecular flexibility index (Phi) is 6.50. The minimum atomic E-state index is -0.604. The van der Waals surface area contributed by atoms with E-state index in [1.807, 2.05) is 43.3 Å². The third kappa shape index (κ3) is 4.27. The summed E-state index contributed by atoms with van der Waals surface area (Å²) in [4.78, 5) is 13.0. The van der Waals surface area contributed by atoms with Crippen molar-refractivity contribution in [1.29, 1.82) is 0 Å². The van der Waals surface area contributed by atoms with Crippen molar-refractivity contribution in [1.82, 2.24) is 5.32 Å². The molecule has 0 unspecified atom stereocenters. The summed E-state index contributed by atoms with van der Waals surface area (Å²) < 4.78 is 12.2. The molecule has 0 spiro atoms. The zero-order chi connectivity index (χ0) is 20.1. The fourth-order valence-corrected chi connectivity index (χ4v) is 3.89. The molecule has 0 fully saturated rings. The fourth-order valence-electron chi connectivity index (χ4n) is 3.71. The Morgan fingerprint density at radius 2 is 1.86 bits per heavy atom. The lowest BCUT2D eigenvalue weighted by Crippen LogP contribution is -2.47. The van der Waals surface area contributed by atoms with Crippen molar-refractivity contribution in [2.24, 2.45) is 0 Å². The lowest BCUT2D eigenvalue weighted by molar-refractivity contribution is -0.129. The van der Waals surface area contributed by atoms with Crippen LogP contribution >= 0.6 is 11.6 Å². The van der Waals surface area contributed by atoms with Crippen LogP contribution in [0.3, 0.4) is 0 Å². The molecule has 1 heterocycles. The van der Waals surface area contributed by atoms with Gasteiger partial charge in [-0.3, -0.25) is 4.79 Å². The maximum Gasteiger partial charge on any atom is 0.261 e. The van der Waals surface area contributed by atoms with Crippen molar-refractivity contribution >= 4 is 17.5 Å². The van der Waals surface area contributed by atoms with Crippen LogP contribution < -0.4 is 14.8 Å². The quantitative estimate of drug-likeness (QED) is 0.647. The second-order valence-electron chi connectivity index (χ2n) is 7.24. The number of carbonyl (C=O) groups excluding carboxylic acids is 1. The molecular weight excluding hydrogens is 374 g/mol. The van der Waals surface area contributed by atoms with Crippen LogP contribution in [0.5, 0.6) is 11.5 Å². The Labute approximate surface area is 172 Å². The number of hydrogen-bond donors (Lipinski definition) is 1. The van der Waals surface area contributed by atoms with Gasteiger partial charge in [0, 0.05) is 12.0 Å². The normalized spacial score (nSPS) is 18.5. The summed E-state index contributed by atoms with van der Waals surface area (Å²) >= 11 is 6.19. The average Bonchev–Trinajstić information content (AvgIpc) is 2.72. The molecule has 1 amide bonds. The molecule has 3 rings (SSSR count). The third-order valence-electron chi connectivity index (χ3n) is 5.57. The van der Waals surface area contributed by atoms with Gasteiger partial charge in [0.05, 0.1) is 11.1 Å². The van der Waals surface area contributed by atoms with E-state index in [1.165, 1.54) is 0 Å². The Morgan fingerprint density at radius 1 is 1.18 bits per heavy atom. The van der Waals surface area contributed by atoms with Gasteiger partial charge in [-0.1, -0.05) is 62.7 Å². The van der Waals surface area contributed by atoms with E-state index < -0.39 is 6.10 Å². The summed E-state index contributed by atoms with van der Waals surface area (Å²) in [6, 6.07) is 15.0. The maximum atomic E-state index is 13.0. The monoisotopic (exact) mass is 401 g/mol. The molecule has 4 nitrogen and oxygen atoms in total. The number of carbonyl (C=O) groups is 1. The third-order valence-corrected chi connectivity index (χ3v) is 5.88. The number of amides is 1. The topological polar surface area (TPSA) is 47.6 Å². The van der Waals surface area contributed by atoms with Gasteiger partial charge in [0.2, 0.25) is 0 Å². The number of para-hydroxylation sites is 2. The van der Waals surface area contributed by atoms with Crippen molar-refractivity contribution < 1.29 is 14.3 Å². The number of ether oxygens (including phenoxy) is 2.